The Morgan fingerprint density at radius 1 is 1.26 bits per heavy atom. The summed E-state index contributed by atoms with van der Waals surface area (Å²) < 4.78 is 1.97. The lowest BCUT2D eigenvalue weighted by Crippen LogP contribution is -2.39. The maximum Gasteiger partial charge on any atom is 0.194 e. The Balaban J connectivity index is 1.69. The molecule has 6 nitrogen and oxygen atoms in total. The number of likely N-dealkylation sites (tertiary alicyclic amines) is 1. The molecule has 0 spiro atoms. The molecule has 23 heavy (non-hydrogen) atoms. The molecule has 0 bridgehead atoms. The maximum atomic E-state index is 4.75. The lowest BCUT2D eigenvalue weighted by Gasteiger charge is -2.20. The van der Waals surface area contributed by atoms with E-state index in [2.05, 4.69) is 33.2 Å². The van der Waals surface area contributed by atoms with Crippen LogP contribution < -0.4 is 5.32 Å². The normalized spacial score (nSPS) is 15.2. The van der Waals surface area contributed by atoms with Gasteiger partial charge in [0.1, 0.15) is 11.6 Å². The molecule has 0 amide bonds. The summed E-state index contributed by atoms with van der Waals surface area (Å²) in [7, 11) is 0. The monoisotopic (exact) mass is 312 g/mol. The van der Waals surface area contributed by atoms with Crippen LogP contribution in [-0.4, -0.2) is 45.0 Å². The van der Waals surface area contributed by atoms with E-state index in [9.17, 15) is 0 Å². The third-order valence-electron chi connectivity index (χ3n) is 4.03. The van der Waals surface area contributed by atoms with Crippen LogP contribution in [0.4, 0.5) is 0 Å². The van der Waals surface area contributed by atoms with Gasteiger partial charge >= 0.3 is 0 Å². The van der Waals surface area contributed by atoms with E-state index >= 15 is 0 Å². The highest BCUT2D eigenvalue weighted by Crippen LogP contribution is 2.11. The lowest BCUT2D eigenvalue weighted by atomic mass is 10.3. The molecule has 1 saturated heterocycles. The van der Waals surface area contributed by atoms with Crippen molar-refractivity contribution in [2.24, 2.45) is 4.99 Å². The predicted octanol–water partition coefficient (Wildman–Crippen LogP) is 2.14. The quantitative estimate of drug-likeness (QED) is 0.694. The second-order valence-corrected chi connectivity index (χ2v) is 5.73. The van der Waals surface area contributed by atoms with Crippen molar-refractivity contribution in [2.75, 3.05) is 19.6 Å². The van der Waals surface area contributed by atoms with E-state index in [1.165, 1.54) is 12.8 Å². The zero-order valence-corrected chi connectivity index (χ0v) is 13.9. The number of aromatic nitrogens is 3. The first-order valence-electron chi connectivity index (χ1n) is 8.26. The Morgan fingerprint density at radius 3 is 2.70 bits per heavy atom. The fourth-order valence-electron chi connectivity index (χ4n) is 2.79. The van der Waals surface area contributed by atoms with Gasteiger partial charge in [-0.3, -0.25) is 4.57 Å². The summed E-state index contributed by atoms with van der Waals surface area (Å²) in [6.07, 6.45) is 8.11. The van der Waals surface area contributed by atoms with Gasteiger partial charge in [-0.05, 0) is 38.3 Å². The summed E-state index contributed by atoms with van der Waals surface area (Å²) in [4.78, 5) is 15.8. The summed E-state index contributed by atoms with van der Waals surface area (Å²) >= 11 is 0. The first kappa shape index (κ1) is 15.5. The van der Waals surface area contributed by atoms with Gasteiger partial charge in [0.15, 0.2) is 5.96 Å². The molecular weight excluding hydrogens is 288 g/mol. The van der Waals surface area contributed by atoms with Gasteiger partial charge in [-0.25, -0.2) is 15.0 Å². The molecule has 0 atom stereocenters. The topological polar surface area (TPSA) is 58.3 Å². The molecule has 0 aromatic carbocycles. The lowest BCUT2D eigenvalue weighted by molar-refractivity contribution is 0.493. The minimum atomic E-state index is 0.648. The van der Waals surface area contributed by atoms with Crippen LogP contribution in [0.3, 0.4) is 0 Å². The van der Waals surface area contributed by atoms with E-state index in [-0.39, 0.29) is 0 Å². The number of nitrogens with zero attached hydrogens (tertiary/aromatic N) is 5. The van der Waals surface area contributed by atoms with Crippen LogP contribution in [0.25, 0.3) is 5.82 Å². The first-order valence-corrected chi connectivity index (χ1v) is 8.26. The van der Waals surface area contributed by atoms with E-state index in [0.29, 0.717) is 6.54 Å². The van der Waals surface area contributed by atoms with Crippen LogP contribution in [-0.2, 0) is 6.54 Å². The Morgan fingerprint density at radius 2 is 2.09 bits per heavy atom. The highest BCUT2D eigenvalue weighted by atomic mass is 15.3. The van der Waals surface area contributed by atoms with Crippen LogP contribution in [0, 0.1) is 6.92 Å². The predicted molar refractivity (Wildman–Crippen MR) is 91.7 cm³/mol. The maximum absolute atomic E-state index is 4.75. The van der Waals surface area contributed by atoms with E-state index < -0.39 is 0 Å². The number of rotatable bonds is 4. The molecule has 0 unspecified atom stereocenters. The molecule has 0 saturated carbocycles. The molecule has 3 heterocycles. The highest BCUT2D eigenvalue weighted by Gasteiger charge is 2.15. The smallest absolute Gasteiger partial charge is 0.194 e. The van der Waals surface area contributed by atoms with Crippen LogP contribution >= 0.6 is 0 Å². The van der Waals surface area contributed by atoms with E-state index in [1.807, 2.05) is 30.0 Å². The van der Waals surface area contributed by atoms with Gasteiger partial charge in [-0.1, -0.05) is 6.07 Å². The molecule has 0 aliphatic carbocycles. The zero-order valence-electron chi connectivity index (χ0n) is 13.9. The van der Waals surface area contributed by atoms with Crippen molar-refractivity contribution >= 4 is 5.96 Å². The summed E-state index contributed by atoms with van der Waals surface area (Å²) in [5, 5.41) is 3.38. The van der Waals surface area contributed by atoms with Gasteiger partial charge in [0.2, 0.25) is 0 Å². The molecule has 2 aromatic heterocycles. The number of hydrogen-bond acceptors (Lipinski definition) is 3. The summed E-state index contributed by atoms with van der Waals surface area (Å²) in [5.41, 5.74) is 1.11. The molecule has 3 rings (SSSR count). The van der Waals surface area contributed by atoms with Crippen molar-refractivity contribution in [3.8, 4) is 5.82 Å². The number of pyridine rings is 1. The molecule has 6 heteroatoms. The average molecular weight is 312 g/mol. The molecule has 2 aromatic rings. The molecule has 122 valence electrons. The van der Waals surface area contributed by atoms with Gasteiger partial charge in [0.25, 0.3) is 0 Å². The minimum absolute atomic E-state index is 0.648. The van der Waals surface area contributed by atoms with Crippen LogP contribution in [0.5, 0.6) is 0 Å². The minimum Gasteiger partial charge on any atom is -0.357 e. The number of imidazole rings is 1. The molecule has 1 aliphatic rings. The Hall–Kier alpha value is -2.37. The van der Waals surface area contributed by atoms with Gasteiger partial charge < -0.3 is 10.2 Å². The number of guanidine groups is 1. The molecule has 1 N–H and O–H groups in total. The third-order valence-corrected chi connectivity index (χ3v) is 4.03. The molecular formula is C17H24N6. The summed E-state index contributed by atoms with van der Waals surface area (Å²) in [5.74, 6) is 2.84. The van der Waals surface area contributed by atoms with Gasteiger partial charge in [0, 0.05) is 38.2 Å². The number of nitrogens with one attached hydrogen (secondary N) is 1. The van der Waals surface area contributed by atoms with Gasteiger partial charge in [0.05, 0.1) is 6.54 Å². The number of aryl methyl sites for hydroxylation is 1. The second kappa shape index (κ2) is 7.26. The van der Waals surface area contributed by atoms with E-state index in [0.717, 1.165) is 42.8 Å². The fourth-order valence-corrected chi connectivity index (χ4v) is 2.79. The van der Waals surface area contributed by atoms with E-state index in [1.54, 1.807) is 6.20 Å². The van der Waals surface area contributed by atoms with Crippen LogP contribution in [0.15, 0.2) is 35.7 Å². The first-order chi connectivity index (χ1) is 11.3. The standard InChI is InChI=1S/C17H24N6/c1-3-18-17(22-9-4-5-10-22)21-13-15-6-7-16(20-12-15)23-11-8-19-14(23)2/h6-8,11-12H,3-5,9-10,13H2,1-2H3,(H,18,21). The van der Waals surface area contributed by atoms with Crippen molar-refractivity contribution in [3.05, 3.63) is 42.1 Å². The molecule has 1 aliphatic heterocycles. The average Bonchev–Trinajstić information content (AvgIpc) is 3.23. The SMILES string of the molecule is CCNC(=NCc1ccc(-n2ccnc2C)nc1)N1CCCC1. The van der Waals surface area contributed by atoms with Crippen molar-refractivity contribution in [1.82, 2.24) is 24.8 Å². The van der Waals surface area contributed by atoms with Crippen LogP contribution in [0.2, 0.25) is 0 Å². The van der Waals surface area contributed by atoms with Crippen LogP contribution in [0.1, 0.15) is 31.2 Å². The van der Waals surface area contributed by atoms with Crippen molar-refractivity contribution in [1.29, 1.82) is 0 Å². The Bertz CT molecular complexity index is 652. The summed E-state index contributed by atoms with van der Waals surface area (Å²) in [6.45, 7) is 7.82. The number of aliphatic imine (C=N–C) groups is 1. The Kier molecular flexibility index (Phi) is 4.90. The third kappa shape index (κ3) is 3.70. The number of hydrogen-bond donors (Lipinski definition) is 1. The van der Waals surface area contributed by atoms with Crippen molar-refractivity contribution < 1.29 is 0 Å². The largest absolute Gasteiger partial charge is 0.357 e. The fraction of sp³-hybridized carbons (Fsp3) is 0.471. The molecule has 0 radical (unpaired) electrons. The van der Waals surface area contributed by atoms with E-state index in [4.69, 9.17) is 4.99 Å². The van der Waals surface area contributed by atoms with Crippen molar-refractivity contribution in [2.45, 2.75) is 33.2 Å². The Labute approximate surface area is 137 Å². The zero-order chi connectivity index (χ0) is 16.1. The second-order valence-electron chi connectivity index (χ2n) is 5.73. The van der Waals surface area contributed by atoms with Gasteiger partial charge in [-0.2, -0.15) is 0 Å². The summed E-state index contributed by atoms with van der Waals surface area (Å²) in [6, 6.07) is 4.10. The molecule has 1 fully saturated rings. The highest BCUT2D eigenvalue weighted by molar-refractivity contribution is 5.80. The van der Waals surface area contributed by atoms with Crippen molar-refractivity contribution in [3.63, 3.8) is 0 Å². The van der Waals surface area contributed by atoms with Gasteiger partial charge in [-0.15, -0.1) is 0 Å².